The standard InChI is InChI=1S/C11H12ClNO/c1-7(12)8-3-4-10-9(5-8)6-11(14)13(10)2/h3-5,7H,6H2,1-2H3. The van der Waals surface area contributed by atoms with Crippen molar-refractivity contribution >= 4 is 23.2 Å². The lowest BCUT2D eigenvalue weighted by Crippen LogP contribution is -2.20. The van der Waals surface area contributed by atoms with Crippen LogP contribution in [-0.2, 0) is 11.2 Å². The summed E-state index contributed by atoms with van der Waals surface area (Å²) in [4.78, 5) is 13.1. The van der Waals surface area contributed by atoms with E-state index < -0.39 is 0 Å². The van der Waals surface area contributed by atoms with E-state index in [1.807, 2.05) is 25.1 Å². The number of hydrogen-bond donors (Lipinski definition) is 0. The van der Waals surface area contributed by atoms with Gasteiger partial charge in [0.1, 0.15) is 0 Å². The molecule has 0 bridgehead atoms. The molecule has 1 amide bonds. The number of alkyl halides is 1. The molecule has 1 aliphatic rings. The van der Waals surface area contributed by atoms with Crippen molar-refractivity contribution < 1.29 is 4.79 Å². The zero-order valence-electron chi connectivity index (χ0n) is 8.25. The van der Waals surface area contributed by atoms with Gasteiger partial charge in [0.05, 0.1) is 11.8 Å². The van der Waals surface area contributed by atoms with E-state index in [1.165, 1.54) is 0 Å². The highest BCUT2D eigenvalue weighted by Crippen LogP contribution is 2.31. The molecule has 0 fully saturated rings. The third-order valence-electron chi connectivity index (χ3n) is 2.64. The van der Waals surface area contributed by atoms with Crippen molar-refractivity contribution in [3.63, 3.8) is 0 Å². The van der Waals surface area contributed by atoms with Gasteiger partial charge in [-0.1, -0.05) is 12.1 Å². The molecule has 1 heterocycles. The van der Waals surface area contributed by atoms with Crippen molar-refractivity contribution in [2.24, 2.45) is 0 Å². The smallest absolute Gasteiger partial charge is 0.231 e. The third-order valence-corrected chi connectivity index (χ3v) is 2.89. The summed E-state index contributed by atoms with van der Waals surface area (Å²) in [6, 6.07) is 5.97. The van der Waals surface area contributed by atoms with Gasteiger partial charge in [0.15, 0.2) is 0 Å². The molecule has 1 unspecified atom stereocenters. The van der Waals surface area contributed by atoms with Gasteiger partial charge in [-0.05, 0) is 24.1 Å². The molecule has 0 aromatic heterocycles. The van der Waals surface area contributed by atoms with Crippen molar-refractivity contribution in [3.05, 3.63) is 29.3 Å². The Hall–Kier alpha value is -1.02. The highest BCUT2D eigenvalue weighted by Gasteiger charge is 2.24. The Labute approximate surface area is 88.5 Å². The third kappa shape index (κ3) is 1.40. The quantitative estimate of drug-likeness (QED) is 0.651. The van der Waals surface area contributed by atoms with E-state index in [-0.39, 0.29) is 11.3 Å². The summed E-state index contributed by atoms with van der Waals surface area (Å²) in [6.07, 6.45) is 0.503. The van der Waals surface area contributed by atoms with Crippen LogP contribution in [0, 0.1) is 0 Å². The molecule has 74 valence electrons. The highest BCUT2D eigenvalue weighted by molar-refractivity contribution is 6.20. The molecule has 2 rings (SSSR count). The number of nitrogens with zero attached hydrogens (tertiary/aromatic N) is 1. The average Bonchev–Trinajstić information content (AvgIpc) is 2.42. The Bertz CT molecular complexity index is 387. The number of carbonyl (C=O) groups is 1. The molecular weight excluding hydrogens is 198 g/mol. The fraction of sp³-hybridized carbons (Fsp3) is 0.364. The average molecular weight is 210 g/mol. The SMILES string of the molecule is CC(Cl)c1ccc2c(c1)CC(=O)N2C. The van der Waals surface area contributed by atoms with Crippen molar-refractivity contribution in [2.45, 2.75) is 18.7 Å². The first kappa shape index (κ1) is 9.53. The van der Waals surface area contributed by atoms with E-state index in [9.17, 15) is 4.79 Å². The van der Waals surface area contributed by atoms with E-state index in [0.717, 1.165) is 16.8 Å². The second-order valence-electron chi connectivity index (χ2n) is 3.63. The fourth-order valence-corrected chi connectivity index (χ4v) is 1.87. The number of carbonyl (C=O) groups excluding carboxylic acids is 1. The largest absolute Gasteiger partial charge is 0.315 e. The normalized spacial score (nSPS) is 17.1. The minimum absolute atomic E-state index is 0.00121. The van der Waals surface area contributed by atoms with E-state index >= 15 is 0 Å². The molecule has 1 atom stereocenters. The molecule has 1 aromatic rings. The van der Waals surface area contributed by atoms with E-state index in [4.69, 9.17) is 11.6 Å². The molecule has 0 radical (unpaired) electrons. The van der Waals surface area contributed by atoms with Crippen LogP contribution in [0.5, 0.6) is 0 Å². The zero-order chi connectivity index (χ0) is 10.3. The van der Waals surface area contributed by atoms with Crippen molar-refractivity contribution in [1.29, 1.82) is 0 Å². The topological polar surface area (TPSA) is 20.3 Å². The maximum atomic E-state index is 11.4. The first-order valence-corrected chi connectivity index (χ1v) is 5.06. The second-order valence-corrected chi connectivity index (χ2v) is 4.29. The molecule has 1 aliphatic heterocycles. The molecule has 0 aliphatic carbocycles. The minimum Gasteiger partial charge on any atom is -0.315 e. The summed E-state index contributed by atoms with van der Waals surface area (Å²) in [5.74, 6) is 0.152. The molecule has 3 heteroatoms. The van der Waals surface area contributed by atoms with Gasteiger partial charge in [-0.3, -0.25) is 4.79 Å². The van der Waals surface area contributed by atoms with Crippen LogP contribution in [-0.4, -0.2) is 13.0 Å². The van der Waals surface area contributed by atoms with Gasteiger partial charge in [-0.15, -0.1) is 11.6 Å². The molecular formula is C11H12ClNO. The summed E-state index contributed by atoms with van der Waals surface area (Å²) in [7, 11) is 1.80. The minimum atomic E-state index is 0.00121. The van der Waals surface area contributed by atoms with Gasteiger partial charge in [-0.25, -0.2) is 0 Å². The lowest BCUT2D eigenvalue weighted by molar-refractivity contribution is -0.117. The number of benzene rings is 1. The Balaban J connectivity index is 2.44. The van der Waals surface area contributed by atoms with E-state index in [1.54, 1.807) is 11.9 Å². The first-order valence-electron chi connectivity index (χ1n) is 4.63. The summed E-state index contributed by atoms with van der Waals surface area (Å²) in [5, 5.41) is 0.00121. The van der Waals surface area contributed by atoms with Crippen LogP contribution in [0.15, 0.2) is 18.2 Å². The molecule has 0 N–H and O–H groups in total. The molecule has 1 aromatic carbocycles. The van der Waals surface area contributed by atoms with Gasteiger partial charge < -0.3 is 4.90 Å². The molecule has 2 nitrogen and oxygen atoms in total. The summed E-state index contributed by atoms with van der Waals surface area (Å²) < 4.78 is 0. The number of rotatable bonds is 1. The Kier molecular flexibility index (Phi) is 2.23. The number of anilines is 1. The monoisotopic (exact) mass is 209 g/mol. The number of halogens is 1. The van der Waals surface area contributed by atoms with Crippen LogP contribution in [0.1, 0.15) is 23.4 Å². The van der Waals surface area contributed by atoms with Crippen LogP contribution in [0.2, 0.25) is 0 Å². The summed E-state index contributed by atoms with van der Waals surface area (Å²) in [6.45, 7) is 1.93. The van der Waals surface area contributed by atoms with Gasteiger partial charge in [0.2, 0.25) is 5.91 Å². The van der Waals surface area contributed by atoms with Crippen LogP contribution in [0.4, 0.5) is 5.69 Å². The summed E-state index contributed by atoms with van der Waals surface area (Å²) in [5.41, 5.74) is 3.17. The molecule has 0 saturated carbocycles. The Morgan fingerprint density at radius 1 is 1.50 bits per heavy atom. The van der Waals surface area contributed by atoms with E-state index in [0.29, 0.717) is 6.42 Å². The molecule has 14 heavy (non-hydrogen) atoms. The first-order chi connectivity index (χ1) is 6.59. The van der Waals surface area contributed by atoms with Crippen LogP contribution in [0.3, 0.4) is 0 Å². The lowest BCUT2D eigenvalue weighted by Gasteiger charge is -2.11. The highest BCUT2D eigenvalue weighted by atomic mass is 35.5. The number of likely N-dealkylation sites (N-methyl/N-ethyl adjacent to an activating group) is 1. The van der Waals surface area contributed by atoms with Crippen molar-refractivity contribution in [1.82, 2.24) is 0 Å². The van der Waals surface area contributed by atoms with E-state index in [2.05, 4.69) is 0 Å². The van der Waals surface area contributed by atoms with Gasteiger partial charge >= 0.3 is 0 Å². The number of hydrogen-bond acceptors (Lipinski definition) is 1. The number of amides is 1. The Morgan fingerprint density at radius 3 is 2.86 bits per heavy atom. The van der Waals surface area contributed by atoms with Crippen molar-refractivity contribution in [2.75, 3.05) is 11.9 Å². The zero-order valence-corrected chi connectivity index (χ0v) is 9.01. The predicted octanol–water partition coefficient (Wildman–Crippen LogP) is 2.51. The molecule has 0 saturated heterocycles. The van der Waals surface area contributed by atoms with Gasteiger partial charge in [0, 0.05) is 12.7 Å². The second kappa shape index (κ2) is 3.28. The fourth-order valence-electron chi connectivity index (χ4n) is 1.74. The molecule has 0 spiro atoms. The Morgan fingerprint density at radius 2 is 2.21 bits per heavy atom. The summed E-state index contributed by atoms with van der Waals surface area (Å²) >= 11 is 5.98. The lowest BCUT2D eigenvalue weighted by atomic mass is 10.1. The van der Waals surface area contributed by atoms with Crippen LogP contribution < -0.4 is 4.90 Å². The maximum absolute atomic E-state index is 11.4. The number of fused-ring (bicyclic) bond motifs is 1. The van der Waals surface area contributed by atoms with Gasteiger partial charge in [-0.2, -0.15) is 0 Å². The van der Waals surface area contributed by atoms with Crippen LogP contribution >= 0.6 is 11.6 Å². The maximum Gasteiger partial charge on any atom is 0.231 e. The van der Waals surface area contributed by atoms with Crippen LogP contribution in [0.25, 0.3) is 0 Å². The van der Waals surface area contributed by atoms with Crippen molar-refractivity contribution in [3.8, 4) is 0 Å². The predicted molar refractivity (Wildman–Crippen MR) is 57.8 cm³/mol. The van der Waals surface area contributed by atoms with Gasteiger partial charge in [0.25, 0.3) is 0 Å².